The van der Waals surface area contributed by atoms with E-state index in [1.807, 2.05) is 25.8 Å². The number of halogens is 2. The van der Waals surface area contributed by atoms with Gasteiger partial charge in [0.15, 0.2) is 5.96 Å². The fourth-order valence-corrected chi connectivity index (χ4v) is 3.42. The molecule has 2 unspecified atom stereocenters. The summed E-state index contributed by atoms with van der Waals surface area (Å²) in [5, 5.41) is 3.43. The molecule has 1 fully saturated rings. The molecule has 1 aromatic carbocycles. The molecule has 154 valence electrons. The van der Waals surface area contributed by atoms with Gasteiger partial charge >= 0.3 is 0 Å². The summed E-state index contributed by atoms with van der Waals surface area (Å²) in [4.78, 5) is 10.9. The molecule has 1 saturated heterocycles. The van der Waals surface area contributed by atoms with Crippen LogP contribution in [-0.4, -0.2) is 53.7 Å². The number of imidazole rings is 1. The number of hydrogen-bond acceptors (Lipinski definition) is 3. The van der Waals surface area contributed by atoms with Crippen LogP contribution in [0, 0.1) is 11.7 Å². The zero-order valence-electron chi connectivity index (χ0n) is 16.4. The standard InChI is InChI=1S/C20H28FN5O.HI/c1-16-8-11-25(14-19(16)26-12-10-23-15-26)20(22-2)24-9-3-13-27-18-6-4-17(21)5-7-18;/h4-7,10,12,15-16,19H,3,8-9,11,13-14H2,1-2H3,(H,22,24);1H. The Morgan fingerprint density at radius 2 is 2.14 bits per heavy atom. The number of rotatable bonds is 6. The summed E-state index contributed by atoms with van der Waals surface area (Å²) in [6.07, 6.45) is 7.73. The highest BCUT2D eigenvalue weighted by molar-refractivity contribution is 14.0. The van der Waals surface area contributed by atoms with Crippen LogP contribution in [0.5, 0.6) is 5.75 Å². The van der Waals surface area contributed by atoms with Crippen molar-refractivity contribution in [1.29, 1.82) is 0 Å². The summed E-state index contributed by atoms with van der Waals surface area (Å²) in [6.45, 7) is 5.56. The van der Waals surface area contributed by atoms with Gasteiger partial charge in [0.05, 0.1) is 19.0 Å². The van der Waals surface area contributed by atoms with E-state index >= 15 is 0 Å². The maximum absolute atomic E-state index is 12.9. The number of nitrogens with zero attached hydrogens (tertiary/aromatic N) is 4. The van der Waals surface area contributed by atoms with E-state index in [0.29, 0.717) is 24.3 Å². The van der Waals surface area contributed by atoms with E-state index in [2.05, 4.69) is 31.7 Å². The third-order valence-electron chi connectivity index (χ3n) is 5.02. The molecule has 28 heavy (non-hydrogen) atoms. The Hall–Kier alpha value is -1.84. The third-order valence-corrected chi connectivity index (χ3v) is 5.02. The molecule has 1 aromatic heterocycles. The van der Waals surface area contributed by atoms with Gasteiger partial charge in [-0.15, -0.1) is 24.0 Å². The number of guanidine groups is 1. The lowest BCUT2D eigenvalue weighted by Gasteiger charge is -2.39. The molecule has 2 atom stereocenters. The van der Waals surface area contributed by atoms with Crippen LogP contribution in [0.4, 0.5) is 4.39 Å². The molecule has 0 amide bonds. The topological polar surface area (TPSA) is 54.7 Å². The van der Waals surface area contributed by atoms with Crippen LogP contribution in [0.25, 0.3) is 0 Å². The van der Waals surface area contributed by atoms with Gasteiger partial charge in [-0.25, -0.2) is 9.37 Å². The smallest absolute Gasteiger partial charge is 0.193 e. The second kappa shape index (κ2) is 11.2. The van der Waals surface area contributed by atoms with Crippen LogP contribution < -0.4 is 10.1 Å². The molecule has 0 saturated carbocycles. The van der Waals surface area contributed by atoms with E-state index in [9.17, 15) is 4.39 Å². The molecule has 3 rings (SSSR count). The number of likely N-dealkylation sites (tertiary alicyclic amines) is 1. The molecule has 0 aliphatic carbocycles. The molecule has 0 radical (unpaired) electrons. The highest BCUT2D eigenvalue weighted by Crippen LogP contribution is 2.27. The lowest BCUT2D eigenvalue weighted by molar-refractivity contribution is 0.188. The van der Waals surface area contributed by atoms with Crippen molar-refractivity contribution in [2.75, 3.05) is 33.3 Å². The third kappa shape index (κ3) is 6.08. The van der Waals surface area contributed by atoms with Gasteiger partial charge < -0.3 is 19.5 Å². The van der Waals surface area contributed by atoms with Crippen molar-refractivity contribution < 1.29 is 9.13 Å². The van der Waals surface area contributed by atoms with Gasteiger partial charge in [0, 0.05) is 39.1 Å². The number of nitrogens with one attached hydrogen (secondary N) is 1. The summed E-state index contributed by atoms with van der Waals surface area (Å²) in [6, 6.07) is 6.51. The largest absolute Gasteiger partial charge is 0.494 e. The monoisotopic (exact) mass is 501 g/mol. The first-order valence-electron chi connectivity index (χ1n) is 9.49. The van der Waals surface area contributed by atoms with Crippen LogP contribution in [0.1, 0.15) is 25.8 Å². The number of benzene rings is 1. The Morgan fingerprint density at radius 3 is 2.82 bits per heavy atom. The van der Waals surface area contributed by atoms with E-state index < -0.39 is 0 Å². The van der Waals surface area contributed by atoms with E-state index in [1.54, 1.807) is 12.1 Å². The molecule has 1 aliphatic heterocycles. The number of aliphatic imine (C=N–C) groups is 1. The van der Waals surface area contributed by atoms with Crippen molar-refractivity contribution in [3.63, 3.8) is 0 Å². The van der Waals surface area contributed by atoms with Gasteiger partial charge in [-0.3, -0.25) is 4.99 Å². The molecular weight excluding hydrogens is 472 g/mol. The van der Waals surface area contributed by atoms with Crippen LogP contribution in [0.3, 0.4) is 0 Å². The molecular formula is C20H29FIN5O. The maximum Gasteiger partial charge on any atom is 0.193 e. The van der Waals surface area contributed by atoms with Gasteiger partial charge in [0.2, 0.25) is 0 Å². The summed E-state index contributed by atoms with van der Waals surface area (Å²) < 4.78 is 20.7. The first kappa shape index (κ1) is 22.4. The number of aromatic nitrogens is 2. The zero-order chi connectivity index (χ0) is 19.1. The average molecular weight is 501 g/mol. The van der Waals surface area contributed by atoms with Crippen molar-refractivity contribution in [1.82, 2.24) is 19.8 Å². The van der Waals surface area contributed by atoms with Crippen molar-refractivity contribution in [3.8, 4) is 5.75 Å². The van der Waals surface area contributed by atoms with Crippen molar-refractivity contribution in [2.24, 2.45) is 10.9 Å². The van der Waals surface area contributed by atoms with E-state index in [-0.39, 0.29) is 29.8 Å². The SMILES string of the molecule is CN=C(NCCCOc1ccc(F)cc1)N1CCC(C)C(n2ccnc2)C1.I. The van der Waals surface area contributed by atoms with Gasteiger partial charge in [0.25, 0.3) is 0 Å². The Labute approximate surface area is 183 Å². The number of piperidine rings is 1. The Morgan fingerprint density at radius 1 is 1.36 bits per heavy atom. The molecule has 2 heterocycles. The van der Waals surface area contributed by atoms with Gasteiger partial charge in [-0.2, -0.15) is 0 Å². The van der Waals surface area contributed by atoms with E-state index in [4.69, 9.17) is 4.74 Å². The highest BCUT2D eigenvalue weighted by atomic mass is 127. The lowest BCUT2D eigenvalue weighted by atomic mass is 9.93. The summed E-state index contributed by atoms with van der Waals surface area (Å²) in [7, 11) is 1.82. The second-order valence-electron chi connectivity index (χ2n) is 6.92. The minimum atomic E-state index is -0.252. The molecule has 2 aromatic rings. The van der Waals surface area contributed by atoms with Crippen molar-refractivity contribution in [3.05, 3.63) is 48.8 Å². The number of hydrogen-bond donors (Lipinski definition) is 1. The molecule has 1 N–H and O–H groups in total. The maximum atomic E-state index is 12.9. The molecule has 6 nitrogen and oxygen atoms in total. The van der Waals surface area contributed by atoms with Crippen LogP contribution in [0.15, 0.2) is 48.0 Å². The fourth-order valence-electron chi connectivity index (χ4n) is 3.42. The van der Waals surface area contributed by atoms with Gasteiger partial charge in [-0.1, -0.05) is 6.92 Å². The Kier molecular flexibility index (Phi) is 9.01. The molecule has 0 bridgehead atoms. The summed E-state index contributed by atoms with van der Waals surface area (Å²) >= 11 is 0. The van der Waals surface area contributed by atoms with Crippen LogP contribution in [0.2, 0.25) is 0 Å². The second-order valence-corrected chi connectivity index (χ2v) is 6.92. The zero-order valence-corrected chi connectivity index (χ0v) is 18.8. The Bertz CT molecular complexity index is 723. The Balaban J connectivity index is 0.00000280. The minimum absolute atomic E-state index is 0. The molecule has 0 spiro atoms. The van der Waals surface area contributed by atoms with Crippen LogP contribution in [-0.2, 0) is 0 Å². The van der Waals surface area contributed by atoms with Gasteiger partial charge in [0.1, 0.15) is 11.6 Å². The number of ether oxygens (including phenoxy) is 1. The summed E-state index contributed by atoms with van der Waals surface area (Å²) in [5.74, 6) is 1.97. The van der Waals surface area contributed by atoms with E-state index in [0.717, 1.165) is 38.4 Å². The van der Waals surface area contributed by atoms with Crippen molar-refractivity contribution in [2.45, 2.75) is 25.8 Å². The summed E-state index contributed by atoms with van der Waals surface area (Å²) in [5.41, 5.74) is 0. The quantitative estimate of drug-likeness (QED) is 0.285. The highest BCUT2D eigenvalue weighted by Gasteiger charge is 2.28. The predicted molar refractivity (Wildman–Crippen MR) is 120 cm³/mol. The van der Waals surface area contributed by atoms with Crippen LogP contribution >= 0.6 is 24.0 Å². The fraction of sp³-hybridized carbons (Fsp3) is 0.500. The average Bonchev–Trinajstić information content (AvgIpc) is 3.21. The van der Waals surface area contributed by atoms with Crippen molar-refractivity contribution >= 4 is 29.9 Å². The first-order chi connectivity index (χ1) is 13.2. The lowest BCUT2D eigenvalue weighted by Crippen LogP contribution is -2.49. The van der Waals surface area contributed by atoms with Gasteiger partial charge in [-0.05, 0) is 43.0 Å². The molecule has 8 heteroatoms. The first-order valence-corrected chi connectivity index (χ1v) is 9.49. The van der Waals surface area contributed by atoms with E-state index in [1.165, 1.54) is 12.1 Å². The minimum Gasteiger partial charge on any atom is -0.494 e. The predicted octanol–water partition coefficient (Wildman–Crippen LogP) is 3.57. The normalized spacial score (nSPS) is 19.8. The molecule has 1 aliphatic rings.